The van der Waals surface area contributed by atoms with Crippen LogP contribution < -0.4 is 0 Å². The molecule has 92 valence electrons. The van der Waals surface area contributed by atoms with Crippen LogP contribution in [-0.2, 0) is 0 Å². The lowest BCUT2D eigenvalue weighted by Gasteiger charge is -2.02. The second-order valence-electron chi connectivity index (χ2n) is 3.90. The van der Waals surface area contributed by atoms with Gasteiger partial charge < -0.3 is 0 Å². The number of nitrogens with zero attached hydrogens (tertiary/aromatic N) is 4. The van der Waals surface area contributed by atoms with Gasteiger partial charge in [-0.25, -0.2) is 8.78 Å². The molecule has 0 atom stereocenters. The molecule has 2 heterocycles. The molecule has 0 amide bonds. The zero-order valence-corrected chi connectivity index (χ0v) is 9.51. The van der Waals surface area contributed by atoms with Gasteiger partial charge in [-0.15, -0.1) is 10.2 Å². The van der Waals surface area contributed by atoms with Crippen LogP contribution in [0.4, 0.5) is 8.78 Å². The van der Waals surface area contributed by atoms with Crippen LogP contribution in [0.1, 0.15) is 5.56 Å². The maximum absolute atomic E-state index is 13.7. The highest BCUT2D eigenvalue weighted by atomic mass is 19.1. The number of hydrogen-bond donors (Lipinski definition) is 0. The average Bonchev–Trinajstić information content (AvgIpc) is 2.84. The Kier molecular flexibility index (Phi) is 2.46. The van der Waals surface area contributed by atoms with Gasteiger partial charge in [0, 0.05) is 12.3 Å². The van der Waals surface area contributed by atoms with Crippen molar-refractivity contribution in [1.29, 1.82) is 5.26 Å². The first-order valence-electron chi connectivity index (χ1n) is 5.39. The Bertz CT molecular complexity index is 817. The summed E-state index contributed by atoms with van der Waals surface area (Å²) in [4.78, 5) is 0. The number of pyridine rings is 1. The number of hydrogen-bond acceptors (Lipinski definition) is 3. The van der Waals surface area contributed by atoms with Gasteiger partial charge in [0.2, 0.25) is 0 Å². The maximum Gasteiger partial charge on any atom is 0.171 e. The van der Waals surface area contributed by atoms with Crippen molar-refractivity contribution in [1.82, 2.24) is 14.6 Å². The smallest absolute Gasteiger partial charge is 0.171 e. The first-order chi connectivity index (χ1) is 9.19. The van der Waals surface area contributed by atoms with Gasteiger partial charge in [0.05, 0.1) is 17.2 Å². The molecule has 0 spiro atoms. The van der Waals surface area contributed by atoms with Crippen LogP contribution in [0, 0.1) is 23.0 Å². The molecule has 0 aliphatic rings. The van der Waals surface area contributed by atoms with E-state index in [1.165, 1.54) is 10.5 Å². The molecule has 4 nitrogen and oxygen atoms in total. The lowest BCUT2D eigenvalue weighted by molar-refractivity contribution is 0.602. The molecule has 0 aliphatic carbocycles. The molecule has 0 aliphatic heterocycles. The Morgan fingerprint density at radius 2 is 1.95 bits per heavy atom. The third-order valence-electron chi connectivity index (χ3n) is 2.71. The van der Waals surface area contributed by atoms with Gasteiger partial charge in [0.15, 0.2) is 11.5 Å². The predicted octanol–water partition coefficient (Wildman–Crippen LogP) is 2.55. The van der Waals surface area contributed by atoms with Crippen LogP contribution >= 0.6 is 0 Å². The fourth-order valence-electron chi connectivity index (χ4n) is 1.81. The largest absolute Gasteiger partial charge is 0.282 e. The lowest BCUT2D eigenvalue weighted by Crippen LogP contribution is -1.93. The van der Waals surface area contributed by atoms with Crippen molar-refractivity contribution < 1.29 is 8.78 Å². The molecule has 6 heteroatoms. The first kappa shape index (κ1) is 11.3. The van der Waals surface area contributed by atoms with Crippen molar-refractivity contribution in [2.75, 3.05) is 0 Å². The summed E-state index contributed by atoms with van der Waals surface area (Å²) in [6.45, 7) is 0. The number of halogens is 2. The number of nitriles is 1. The Labute approximate surface area is 106 Å². The minimum absolute atomic E-state index is 0.0252. The highest BCUT2D eigenvalue weighted by molar-refractivity contribution is 5.61. The molecule has 0 radical (unpaired) electrons. The van der Waals surface area contributed by atoms with E-state index in [0.717, 1.165) is 18.2 Å². The molecule has 2 aromatic heterocycles. The standard InChI is InChI=1S/C13H6F2N4/c14-9-1-2-11(15)10(6-9)13-18-17-12-5-8(7-16)3-4-19(12)13/h1-6H. The van der Waals surface area contributed by atoms with E-state index in [4.69, 9.17) is 5.26 Å². The van der Waals surface area contributed by atoms with Crippen LogP contribution in [0.2, 0.25) is 0 Å². The summed E-state index contributed by atoms with van der Waals surface area (Å²) < 4.78 is 28.4. The van der Waals surface area contributed by atoms with Gasteiger partial charge in [-0.05, 0) is 24.3 Å². The van der Waals surface area contributed by atoms with Crippen LogP contribution in [0.15, 0.2) is 36.5 Å². The Hall–Kier alpha value is -2.81. The third kappa shape index (κ3) is 1.81. The SMILES string of the molecule is N#Cc1ccn2c(-c3cc(F)ccc3F)nnc2c1. The zero-order valence-electron chi connectivity index (χ0n) is 9.51. The zero-order chi connectivity index (χ0) is 13.4. The fraction of sp³-hybridized carbons (Fsp3) is 0. The number of aromatic nitrogens is 3. The summed E-state index contributed by atoms with van der Waals surface area (Å²) in [6, 6.07) is 8.18. The van der Waals surface area contributed by atoms with E-state index in [1.807, 2.05) is 6.07 Å². The van der Waals surface area contributed by atoms with Gasteiger partial charge in [0.1, 0.15) is 11.6 Å². The van der Waals surface area contributed by atoms with Crippen molar-refractivity contribution in [3.8, 4) is 17.5 Å². The molecule has 0 saturated carbocycles. The van der Waals surface area contributed by atoms with Gasteiger partial charge in [0.25, 0.3) is 0 Å². The Morgan fingerprint density at radius 3 is 2.74 bits per heavy atom. The summed E-state index contributed by atoms with van der Waals surface area (Å²) in [6.07, 6.45) is 1.55. The van der Waals surface area contributed by atoms with Crippen molar-refractivity contribution in [3.05, 3.63) is 53.7 Å². The van der Waals surface area contributed by atoms with E-state index in [1.54, 1.807) is 12.3 Å². The quantitative estimate of drug-likeness (QED) is 0.672. The van der Waals surface area contributed by atoms with E-state index in [0.29, 0.717) is 11.2 Å². The number of fused-ring (bicyclic) bond motifs is 1. The van der Waals surface area contributed by atoms with Crippen molar-refractivity contribution in [2.45, 2.75) is 0 Å². The molecule has 0 N–H and O–H groups in total. The predicted molar refractivity (Wildman–Crippen MR) is 63.1 cm³/mol. The highest BCUT2D eigenvalue weighted by Crippen LogP contribution is 2.22. The van der Waals surface area contributed by atoms with Crippen LogP contribution in [0.5, 0.6) is 0 Å². The Morgan fingerprint density at radius 1 is 1.11 bits per heavy atom. The molecular weight excluding hydrogens is 250 g/mol. The van der Waals surface area contributed by atoms with Gasteiger partial charge in [-0.1, -0.05) is 0 Å². The van der Waals surface area contributed by atoms with Crippen LogP contribution in [0.25, 0.3) is 17.0 Å². The molecule has 0 fully saturated rings. The molecule has 0 unspecified atom stereocenters. The molecular formula is C13H6F2N4. The summed E-state index contributed by atoms with van der Waals surface area (Å²) in [5.74, 6) is -0.946. The minimum Gasteiger partial charge on any atom is -0.282 e. The van der Waals surface area contributed by atoms with Crippen molar-refractivity contribution in [3.63, 3.8) is 0 Å². The highest BCUT2D eigenvalue weighted by Gasteiger charge is 2.13. The van der Waals surface area contributed by atoms with Crippen molar-refractivity contribution in [2.24, 2.45) is 0 Å². The summed E-state index contributed by atoms with van der Waals surface area (Å²) in [5, 5.41) is 16.5. The average molecular weight is 256 g/mol. The summed E-state index contributed by atoms with van der Waals surface area (Å²) in [5.41, 5.74) is 0.848. The second kappa shape index (κ2) is 4.14. The van der Waals surface area contributed by atoms with E-state index in [-0.39, 0.29) is 11.4 Å². The normalized spacial score (nSPS) is 10.6. The maximum atomic E-state index is 13.7. The Balaban J connectivity index is 2.26. The summed E-state index contributed by atoms with van der Waals surface area (Å²) in [7, 11) is 0. The molecule has 1 aromatic carbocycles. The first-order valence-corrected chi connectivity index (χ1v) is 5.39. The number of benzene rings is 1. The van der Waals surface area contributed by atoms with E-state index < -0.39 is 11.6 Å². The fourth-order valence-corrected chi connectivity index (χ4v) is 1.81. The molecule has 19 heavy (non-hydrogen) atoms. The molecule has 3 rings (SSSR count). The summed E-state index contributed by atoms with van der Waals surface area (Å²) >= 11 is 0. The van der Waals surface area contributed by atoms with Gasteiger partial charge in [-0.3, -0.25) is 4.40 Å². The van der Waals surface area contributed by atoms with E-state index in [2.05, 4.69) is 10.2 Å². The third-order valence-corrected chi connectivity index (χ3v) is 2.71. The molecule has 0 saturated heterocycles. The minimum atomic E-state index is -0.583. The van der Waals surface area contributed by atoms with E-state index in [9.17, 15) is 8.78 Å². The number of rotatable bonds is 1. The van der Waals surface area contributed by atoms with E-state index >= 15 is 0 Å². The lowest BCUT2D eigenvalue weighted by atomic mass is 10.2. The van der Waals surface area contributed by atoms with Crippen molar-refractivity contribution >= 4 is 5.65 Å². The van der Waals surface area contributed by atoms with Gasteiger partial charge >= 0.3 is 0 Å². The molecule has 0 bridgehead atoms. The molecule has 3 aromatic rings. The topological polar surface area (TPSA) is 54.0 Å². The monoisotopic (exact) mass is 256 g/mol. The van der Waals surface area contributed by atoms with Gasteiger partial charge in [-0.2, -0.15) is 5.26 Å². The van der Waals surface area contributed by atoms with Crippen LogP contribution in [0.3, 0.4) is 0 Å². The van der Waals surface area contributed by atoms with Crippen LogP contribution in [-0.4, -0.2) is 14.6 Å². The second-order valence-corrected chi connectivity index (χ2v) is 3.90.